The van der Waals surface area contributed by atoms with E-state index in [1.807, 2.05) is 0 Å². The van der Waals surface area contributed by atoms with Gasteiger partial charge in [-0.2, -0.15) is 5.26 Å². The summed E-state index contributed by atoms with van der Waals surface area (Å²) in [5.74, 6) is -1.27. The first-order chi connectivity index (χ1) is 8.96. The number of halogens is 2. The van der Waals surface area contributed by atoms with E-state index >= 15 is 0 Å². The Morgan fingerprint density at radius 1 is 1.47 bits per heavy atom. The van der Waals surface area contributed by atoms with E-state index in [9.17, 15) is 13.6 Å². The van der Waals surface area contributed by atoms with Crippen LogP contribution >= 0.6 is 0 Å². The molecule has 0 atom stereocenters. The van der Waals surface area contributed by atoms with Gasteiger partial charge < -0.3 is 14.2 Å². The monoisotopic (exact) mass is 267 g/mol. The Bertz CT molecular complexity index is 604. The minimum atomic E-state index is -3.76. The lowest BCUT2D eigenvalue weighted by Crippen LogP contribution is -2.26. The molecule has 0 radical (unpaired) electrons. The number of esters is 1. The highest BCUT2D eigenvalue weighted by Gasteiger charge is 2.44. The maximum absolute atomic E-state index is 12.9. The first-order valence-electron chi connectivity index (χ1n) is 5.06. The van der Waals surface area contributed by atoms with E-state index in [0.717, 1.165) is 13.2 Å². The fourth-order valence-electron chi connectivity index (χ4n) is 1.51. The van der Waals surface area contributed by atoms with Gasteiger partial charge >= 0.3 is 12.3 Å². The molecule has 0 aliphatic carbocycles. The Morgan fingerprint density at radius 3 is 2.84 bits per heavy atom. The van der Waals surface area contributed by atoms with Crippen molar-refractivity contribution in [1.29, 1.82) is 5.26 Å². The van der Waals surface area contributed by atoms with Crippen LogP contribution in [0.5, 0.6) is 11.5 Å². The van der Waals surface area contributed by atoms with Gasteiger partial charge in [-0.25, -0.2) is 4.79 Å². The Morgan fingerprint density at radius 2 is 2.21 bits per heavy atom. The average molecular weight is 267 g/mol. The highest BCUT2D eigenvalue weighted by Crippen LogP contribution is 2.43. The van der Waals surface area contributed by atoms with E-state index in [4.69, 9.17) is 5.26 Å². The van der Waals surface area contributed by atoms with Crippen LogP contribution in [0.4, 0.5) is 8.78 Å². The summed E-state index contributed by atoms with van der Waals surface area (Å²) in [5, 5.41) is 8.80. The Hall–Kier alpha value is -2.62. The number of methoxy groups -OCH3 is 1. The fourth-order valence-corrected chi connectivity index (χ4v) is 1.51. The second-order valence-electron chi connectivity index (χ2n) is 3.50. The highest BCUT2D eigenvalue weighted by molar-refractivity contribution is 5.98. The number of alkyl halides is 2. The molecular weight excluding hydrogens is 260 g/mol. The molecule has 1 aromatic carbocycles. The highest BCUT2D eigenvalue weighted by atomic mass is 19.3. The quantitative estimate of drug-likeness (QED) is 0.466. The molecule has 1 heterocycles. The minimum absolute atomic E-state index is 0.122. The number of carbonyl (C=O) groups excluding carboxylic acids is 1. The number of carbonyl (C=O) groups is 1. The van der Waals surface area contributed by atoms with Crippen LogP contribution in [0.25, 0.3) is 6.08 Å². The second-order valence-corrected chi connectivity index (χ2v) is 3.50. The molecule has 1 aliphatic heterocycles. The summed E-state index contributed by atoms with van der Waals surface area (Å²) in [6.07, 6.45) is -2.67. The van der Waals surface area contributed by atoms with Gasteiger partial charge in [0.15, 0.2) is 11.5 Å². The van der Waals surface area contributed by atoms with Crippen molar-refractivity contribution in [2.75, 3.05) is 7.11 Å². The van der Waals surface area contributed by atoms with Crippen molar-refractivity contribution in [2.45, 2.75) is 6.29 Å². The number of fused-ring (bicyclic) bond motifs is 1. The van der Waals surface area contributed by atoms with Crippen LogP contribution in [0.1, 0.15) is 5.56 Å². The van der Waals surface area contributed by atoms with Crippen molar-refractivity contribution in [3.8, 4) is 17.6 Å². The summed E-state index contributed by atoms with van der Waals surface area (Å²) >= 11 is 0. The molecule has 98 valence electrons. The number of benzene rings is 1. The fraction of sp³-hybridized carbons (Fsp3) is 0.167. The van der Waals surface area contributed by atoms with Gasteiger partial charge in [-0.15, -0.1) is 8.78 Å². The van der Waals surface area contributed by atoms with Crippen molar-refractivity contribution in [3.63, 3.8) is 0 Å². The predicted molar refractivity (Wildman–Crippen MR) is 58.3 cm³/mol. The van der Waals surface area contributed by atoms with Gasteiger partial charge in [0.1, 0.15) is 11.6 Å². The van der Waals surface area contributed by atoms with E-state index in [0.29, 0.717) is 0 Å². The lowest BCUT2D eigenvalue weighted by molar-refractivity contribution is -0.286. The number of para-hydroxylation sites is 1. The van der Waals surface area contributed by atoms with Crippen molar-refractivity contribution in [2.24, 2.45) is 0 Å². The number of nitriles is 1. The lowest BCUT2D eigenvalue weighted by Gasteiger charge is -2.05. The summed E-state index contributed by atoms with van der Waals surface area (Å²) < 4.78 is 38.8. The molecule has 0 spiro atoms. The molecule has 0 unspecified atom stereocenters. The third-order valence-corrected chi connectivity index (χ3v) is 2.28. The van der Waals surface area contributed by atoms with E-state index in [2.05, 4.69) is 14.2 Å². The predicted octanol–water partition coefficient (Wildman–Crippen LogP) is 2.09. The third kappa shape index (κ3) is 2.47. The van der Waals surface area contributed by atoms with E-state index in [-0.39, 0.29) is 22.6 Å². The molecule has 0 fully saturated rings. The number of hydrogen-bond acceptors (Lipinski definition) is 5. The summed E-state index contributed by atoms with van der Waals surface area (Å²) in [6, 6.07) is 5.74. The zero-order valence-corrected chi connectivity index (χ0v) is 9.65. The van der Waals surface area contributed by atoms with Crippen LogP contribution in [0.3, 0.4) is 0 Å². The molecule has 19 heavy (non-hydrogen) atoms. The number of rotatable bonds is 2. The average Bonchev–Trinajstić information content (AvgIpc) is 2.69. The molecule has 0 bridgehead atoms. The number of nitrogens with zero attached hydrogens (tertiary/aromatic N) is 1. The first kappa shape index (κ1) is 12.8. The zero-order valence-electron chi connectivity index (χ0n) is 9.65. The molecule has 0 amide bonds. The van der Waals surface area contributed by atoms with Crippen LogP contribution in [0.15, 0.2) is 23.8 Å². The summed E-state index contributed by atoms with van der Waals surface area (Å²) in [5.41, 5.74) is -0.216. The molecule has 0 N–H and O–H groups in total. The van der Waals surface area contributed by atoms with Gasteiger partial charge in [0.25, 0.3) is 0 Å². The normalized spacial score (nSPS) is 15.8. The van der Waals surface area contributed by atoms with Gasteiger partial charge in [0, 0.05) is 5.56 Å². The maximum Gasteiger partial charge on any atom is 0.586 e. The van der Waals surface area contributed by atoms with Crippen molar-refractivity contribution in [1.82, 2.24) is 0 Å². The second kappa shape index (κ2) is 4.57. The van der Waals surface area contributed by atoms with Crippen LogP contribution in [0.2, 0.25) is 0 Å². The molecule has 2 rings (SSSR count). The van der Waals surface area contributed by atoms with E-state index in [1.165, 1.54) is 18.2 Å². The Kier molecular flexibility index (Phi) is 3.09. The maximum atomic E-state index is 12.9. The van der Waals surface area contributed by atoms with E-state index < -0.39 is 12.3 Å². The van der Waals surface area contributed by atoms with Crippen molar-refractivity contribution in [3.05, 3.63) is 29.3 Å². The Balaban J connectivity index is 2.45. The van der Waals surface area contributed by atoms with Crippen LogP contribution in [0, 0.1) is 11.3 Å². The summed E-state index contributed by atoms with van der Waals surface area (Å²) in [6.45, 7) is 0. The molecule has 7 heteroatoms. The van der Waals surface area contributed by atoms with Crippen molar-refractivity contribution >= 4 is 12.0 Å². The largest absolute Gasteiger partial charge is 0.586 e. The van der Waals surface area contributed by atoms with Gasteiger partial charge in [0.2, 0.25) is 0 Å². The molecule has 0 aromatic heterocycles. The van der Waals surface area contributed by atoms with Gasteiger partial charge in [-0.3, -0.25) is 0 Å². The third-order valence-electron chi connectivity index (χ3n) is 2.28. The molecule has 1 aromatic rings. The van der Waals surface area contributed by atoms with Crippen LogP contribution in [-0.4, -0.2) is 19.4 Å². The minimum Gasteiger partial charge on any atom is -0.465 e. The molecule has 0 saturated heterocycles. The topological polar surface area (TPSA) is 68.6 Å². The SMILES string of the molecule is COC(=O)C(C#N)=Cc1cccc2c1OC(F)(F)O2. The number of hydrogen-bond donors (Lipinski definition) is 0. The van der Waals surface area contributed by atoms with E-state index in [1.54, 1.807) is 6.07 Å². The first-order valence-corrected chi connectivity index (χ1v) is 5.06. The van der Waals surface area contributed by atoms with Gasteiger partial charge in [-0.05, 0) is 12.1 Å². The van der Waals surface area contributed by atoms with Crippen LogP contribution < -0.4 is 9.47 Å². The number of ether oxygens (including phenoxy) is 3. The smallest absolute Gasteiger partial charge is 0.465 e. The van der Waals surface area contributed by atoms with Crippen LogP contribution in [-0.2, 0) is 9.53 Å². The molecule has 1 aliphatic rings. The Labute approximate surface area is 106 Å². The lowest BCUT2D eigenvalue weighted by atomic mass is 10.1. The zero-order chi connectivity index (χ0) is 14.0. The molecular formula is C12H7F2NO4. The van der Waals surface area contributed by atoms with Gasteiger partial charge in [-0.1, -0.05) is 12.1 Å². The summed E-state index contributed by atoms with van der Waals surface area (Å²) in [4.78, 5) is 11.2. The standard InChI is InChI=1S/C12H7F2NO4/c1-17-11(16)8(6-15)5-7-3-2-4-9-10(7)19-12(13,14)18-9/h2-5H,1H3. The molecule has 0 saturated carbocycles. The van der Waals surface area contributed by atoms with Gasteiger partial charge in [0.05, 0.1) is 7.11 Å². The van der Waals surface area contributed by atoms with Crippen molar-refractivity contribution < 1.29 is 27.8 Å². The molecule has 5 nitrogen and oxygen atoms in total. The summed E-state index contributed by atoms with van der Waals surface area (Å²) in [7, 11) is 1.11.